The van der Waals surface area contributed by atoms with E-state index < -0.39 is 5.97 Å². The van der Waals surface area contributed by atoms with Crippen LogP contribution in [0, 0.1) is 0 Å². The topological polar surface area (TPSA) is 50.2 Å². The molecular formula is C8H7Br2NO2. The van der Waals surface area contributed by atoms with Gasteiger partial charge in [0.2, 0.25) is 0 Å². The van der Waals surface area contributed by atoms with E-state index in [0.717, 1.165) is 5.56 Å². The number of rotatable bonds is 3. The number of carbonyl (C=O) groups is 1. The normalized spacial score (nSPS) is 10.0. The molecular weight excluding hydrogens is 302 g/mol. The van der Waals surface area contributed by atoms with Gasteiger partial charge in [-0.25, -0.2) is 4.98 Å². The van der Waals surface area contributed by atoms with Crippen molar-refractivity contribution in [3.8, 4) is 0 Å². The van der Waals surface area contributed by atoms with Crippen LogP contribution in [0.4, 0.5) is 0 Å². The number of carboxylic acids is 1. The molecule has 1 aromatic heterocycles. The predicted octanol–water partition coefficient (Wildman–Crippen LogP) is 2.62. The molecule has 5 heteroatoms. The first-order chi connectivity index (χ1) is 6.08. The van der Waals surface area contributed by atoms with Crippen LogP contribution in [0.2, 0.25) is 0 Å². The monoisotopic (exact) mass is 307 g/mol. The third kappa shape index (κ3) is 3.87. The summed E-state index contributed by atoms with van der Waals surface area (Å²) in [6.07, 6.45) is 0.665. The maximum atomic E-state index is 10.3. The van der Waals surface area contributed by atoms with Crippen LogP contribution < -0.4 is 0 Å². The molecule has 0 fully saturated rings. The molecule has 1 heterocycles. The van der Waals surface area contributed by atoms with Gasteiger partial charge < -0.3 is 5.11 Å². The minimum atomic E-state index is -0.788. The van der Waals surface area contributed by atoms with Gasteiger partial charge >= 0.3 is 5.97 Å². The van der Waals surface area contributed by atoms with Gasteiger partial charge in [-0.05, 0) is 56.0 Å². The summed E-state index contributed by atoms with van der Waals surface area (Å²) >= 11 is 6.46. The zero-order valence-electron chi connectivity index (χ0n) is 6.63. The summed E-state index contributed by atoms with van der Waals surface area (Å²) in [5.41, 5.74) is 0.955. The van der Waals surface area contributed by atoms with Crippen LogP contribution in [0.3, 0.4) is 0 Å². The van der Waals surface area contributed by atoms with E-state index in [1.807, 2.05) is 12.1 Å². The minimum absolute atomic E-state index is 0.142. The summed E-state index contributed by atoms with van der Waals surface area (Å²) in [6.45, 7) is 0. The minimum Gasteiger partial charge on any atom is -0.481 e. The van der Waals surface area contributed by atoms with Crippen LogP contribution in [0.5, 0.6) is 0 Å². The highest BCUT2D eigenvalue weighted by Gasteiger charge is 2.01. The first kappa shape index (κ1) is 10.7. The van der Waals surface area contributed by atoms with Crippen molar-refractivity contribution in [1.82, 2.24) is 4.98 Å². The number of pyridine rings is 1. The van der Waals surface area contributed by atoms with Gasteiger partial charge in [0.05, 0.1) is 0 Å². The molecule has 1 N–H and O–H groups in total. The second-order valence-corrected chi connectivity index (χ2v) is 4.14. The highest BCUT2D eigenvalue weighted by Crippen LogP contribution is 2.16. The van der Waals surface area contributed by atoms with Gasteiger partial charge in [0, 0.05) is 6.42 Å². The standard InChI is InChI=1S/C8H7Br2NO2/c9-6-3-5(1-2-8(12)13)4-7(10)11-6/h3-4H,1-2H2,(H,12,13). The number of nitrogens with zero attached hydrogens (tertiary/aromatic N) is 1. The largest absolute Gasteiger partial charge is 0.481 e. The first-order valence-corrected chi connectivity index (χ1v) is 5.20. The second-order valence-electron chi connectivity index (χ2n) is 2.51. The summed E-state index contributed by atoms with van der Waals surface area (Å²) in [4.78, 5) is 14.4. The fourth-order valence-electron chi connectivity index (χ4n) is 0.910. The van der Waals surface area contributed by atoms with E-state index in [-0.39, 0.29) is 6.42 Å². The molecule has 0 unspecified atom stereocenters. The number of carboxylic acid groups (broad SMARTS) is 1. The molecule has 0 aliphatic heterocycles. The molecule has 0 saturated carbocycles. The van der Waals surface area contributed by atoms with E-state index >= 15 is 0 Å². The van der Waals surface area contributed by atoms with Crippen molar-refractivity contribution in [2.45, 2.75) is 12.8 Å². The van der Waals surface area contributed by atoms with E-state index in [2.05, 4.69) is 36.8 Å². The zero-order chi connectivity index (χ0) is 9.84. The second kappa shape index (κ2) is 4.72. The lowest BCUT2D eigenvalue weighted by atomic mass is 10.1. The average Bonchev–Trinajstić information content (AvgIpc) is 1.99. The van der Waals surface area contributed by atoms with Crippen molar-refractivity contribution in [1.29, 1.82) is 0 Å². The van der Waals surface area contributed by atoms with Crippen LogP contribution >= 0.6 is 31.9 Å². The molecule has 1 rings (SSSR count). The third-order valence-corrected chi connectivity index (χ3v) is 2.26. The molecule has 0 bridgehead atoms. The van der Waals surface area contributed by atoms with Crippen LogP contribution in [0.1, 0.15) is 12.0 Å². The van der Waals surface area contributed by atoms with Gasteiger partial charge in [0.1, 0.15) is 9.21 Å². The molecule has 0 spiro atoms. The lowest BCUT2D eigenvalue weighted by Gasteiger charge is -2.00. The van der Waals surface area contributed by atoms with E-state index in [1.165, 1.54) is 0 Å². The molecule has 13 heavy (non-hydrogen) atoms. The van der Waals surface area contributed by atoms with Gasteiger partial charge in [0.25, 0.3) is 0 Å². The lowest BCUT2D eigenvalue weighted by molar-refractivity contribution is -0.136. The SMILES string of the molecule is O=C(O)CCc1cc(Br)nc(Br)c1. The maximum Gasteiger partial charge on any atom is 0.303 e. The highest BCUT2D eigenvalue weighted by molar-refractivity contribution is 9.11. The fourth-order valence-corrected chi connectivity index (χ4v) is 2.12. The third-order valence-electron chi connectivity index (χ3n) is 1.45. The maximum absolute atomic E-state index is 10.3. The summed E-state index contributed by atoms with van der Waals surface area (Å²) in [7, 11) is 0. The fraction of sp³-hybridized carbons (Fsp3) is 0.250. The Hall–Kier alpha value is -0.420. The van der Waals surface area contributed by atoms with Crippen LogP contribution in [0.25, 0.3) is 0 Å². The molecule has 1 aromatic rings. The summed E-state index contributed by atoms with van der Waals surface area (Å²) in [5, 5.41) is 8.47. The highest BCUT2D eigenvalue weighted by atomic mass is 79.9. The van der Waals surface area contributed by atoms with E-state index in [0.29, 0.717) is 15.6 Å². The number of hydrogen-bond donors (Lipinski definition) is 1. The summed E-state index contributed by atoms with van der Waals surface area (Å²) < 4.78 is 1.42. The number of halogens is 2. The van der Waals surface area contributed by atoms with E-state index in [1.54, 1.807) is 0 Å². The van der Waals surface area contributed by atoms with Crippen molar-refractivity contribution in [2.75, 3.05) is 0 Å². The molecule has 0 radical (unpaired) electrons. The van der Waals surface area contributed by atoms with Crippen LogP contribution in [0.15, 0.2) is 21.3 Å². The number of aliphatic carboxylic acids is 1. The van der Waals surface area contributed by atoms with E-state index in [4.69, 9.17) is 5.11 Å². The Bertz CT molecular complexity index is 308. The average molecular weight is 309 g/mol. The molecule has 0 aliphatic rings. The summed E-state index contributed by atoms with van der Waals surface area (Å²) in [6, 6.07) is 3.63. The van der Waals surface area contributed by atoms with Gasteiger partial charge in [-0.15, -0.1) is 0 Å². The first-order valence-electron chi connectivity index (χ1n) is 3.61. The van der Waals surface area contributed by atoms with Crippen molar-refractivity contribution in [3.63, 3.8) is 0 Å². The Morgan fingerprint density at radius 1 is 1.38 bits per heavy atom. The summed E-state index contributed by atoms with van der Waals surface area (Å²) in [5.74, 6) is -0.788. The molecule has 0 atom stereocenters. The Balaban J connectivity index is 2.71. The van der Waals surface area contributed by atoms with Crippen molar-refractivity contribution in [3.05, 3.63) is 26.9 Å². The number of aromatic nitrogens is 1. The molecule has 0 saturated heterocycles. The molecule has 70 valence electrons. The Kier molecular flexibility index (Phi) is 3.87. The molecule has 3 nitrogen and oxygen atoms in total. The Morgan fingerprint density at radius 3 is 2.38 bits per heavy atom. The molecule has 0 aromatic carbocycles. The van der Waals surface area contributed by atoms with E-state index in [9.17, 15) is 4.79 Å². The molecule has 0 amide bonds. The van der Waals surface area contributed by atoms with Gasteiger partial charge in [-0.3, -0.25) is 4.79 Å². The zero-order valence-corrected chi connectivity index (χ0v) is 9.80. The van der Waals surface area contributed by atoms with Crippen molar-refractivity contribution < 1.29 is 9.90 Å². The predicted molar refractivity (Wildman–Crippen MR) is 55.6 cm³/mol. The van der Waals surface area contributed by atoms with Crippen LogP contribution in [-0.2, 0) is 11.2 Å². The molecule has 0 aliphatic carbocycles. The van der Waals surface area contributed by atoms with Crippen molar-refractivity contribution >= 4 is 37.8 Å². The van der Waals surface area contributed by atoms with Gasteiger partial charge in [0.15, 0.2) is 0 Å². The van der Waals surface area contributed by atoms with Crippen LogP contribution in [-0.4, -0.2) is 16.1 Å². The quantitative estimate of drug-likeness (QED) is 0.873. The number of hydrogen-bond acceptors (Lipinski definition) is 2. The van der Waals surface area contributed by atoms with Gasteiger partial charge in [-0.1, -0.05) is 0 Å². The van der Waals surface area contributed by atoms with Gasteiger partial charge in [-0.2, -0.15) is 0 Å². The number of aryl methyl sites for hydroxylation is 1. The smallest absolute Gasteiger partial charge is 0.303 e. The van der Waals surface area contributed by atoms with Crippen molar-refractivity contribution in [2.24, 2.45) is 0 Å². The Labute approximate surface area is 92.4 Å². The lowest BCUT2D eigenvalue weighted by Crippen LogP contribution is -1.97. The Morgan fingerprint density at radius 2 is 1.92 bits per heavy atom.